The number of aliphatic hydroxyl groups is 1. The van der Waals surface area contributed by atoms with Crippen LogP contribution in [-0.2, 0) is 0 Å². The lowest BCUT2D eigenvalue weighted by atomic mass is 10.2. The molecule has 90 valence electrons. The van der Waals surface area contributed by atoms with Crippen LogP contribution in [-0.4, -0.2) is 55.3 Å². The molecular weight excluding hydrogens is 206 g/mol. The largest absolute Gasteiger partial charge is 0.507 e. The summed E-state index contributed by atoms with van der Waals surface area (Å²) in [5.74, 6) is 0.0347. The van der Waals surface area contributed by atoms with Crippen molar-refractivity contribution in [1.29, 1.82) is 0 Å². The summed E-state index contributed by atoms with van der Waals surface area (Å²) in [4.78, 5) is 10.1. The first-order valence-corrected chi connectivity index (χ1v) is 5.05. The van der Waals surface area contributed by atoms with Crippen LogP contribution in [0.4, 0.5) is 0 Å². The SMILES string of the molecule is C[N+](C)(C)CCO.O=Cc1ccccc1O. The van der Waals surface area contributed by atoms with Crippen LogP contribution >= 0.6 is 0 Å². The second-order valence-electron chi connectivity index (χ2n) is 4.41. The number of para-hydroxylation sites is 1. The average molecular weight is 226 g/mol. The standard InChI is InChI=1S/C7H6O2.C5H14NO/c8-5-6-3-1-2-4-7(6)9;1-6(2,3)4-5-7/h1-5,9H;7H,4-5H2,1-3H3/q;+1. The van der Waals surface area contributed by atoms with Crippen molar-refractivity contribution in [2.24, 2.45) is 0 Å². The molecule has 1 rings (SSSR count). The van der Waals surface area contributed by atoms with Gasteiger partial charge in [-0.25, -0.2) is 0 Å². The third-order valence-electron chi connectivity index (χ3n) is 1.83. The number of hydrogen-bond acceptors (Lipinski definition) is 3. The van der Waals surface area contributed by atoms with Gasteiger partial charge in [-0.1, -0.05) is 12.1 Å². The number of nitrogens with zero attached hydrogens (tertiary/aromatic N) is 1. The number of aliphatic hydroxyl groups excluding tert-OH is 1. The highest BCUT2D eigenvalue weighted by Gasteiger charge is 2.02. The Morgan fingerprint density at radius 1 is 1.25 bits per heavy atom. The van der Waals surface area contributed by atoms with Crippen LogP contribution in [0.25, 0.3) is 0 Å². The van der Waals surface area contributed by atoms with Gasteiger partial charge < -0.3 is 14.7 Å². The lowest BCUT2D eigenvalue weighted by Crippen LogP contribution is -2.36. The van der Waals surface area contributed by atoms with E-state index in [1.54, 1.807) is 18.2 Å². The molecule has 0 fully saturated rings. The van der Waals surface area contributed by atoms with Gasteiger partial charge in [0.2, 0.25) is 0 Å². The van der Waals surface area contributed by atoms with E-state index in [0.29, 0.717) is 11.8 Å². The summed E-state index contributed by atoms with van der Waals surface area (Å²) in [7, 11) is 6.16. The highest BCUT2D eigenvalue weighted by atomic mass is 16.3. The van der Waals surface area contributed by atoms with Crippen LogP contribution in [0.3, 0.4) is 0 Å². The van der Waals surface area contributed by atoms with Gasteiger partial charge in [0.05, 0.1) is 33.3 Å². The van der Waals surface area contributed by atoms with E-state index in [1.165, 1.54) is 6.07 Å². The minimum absolute atomic E-state index is 0.0347. The van der Waals surface area contributed by atoms with Crippen molar-refractivity contribution in [3.8, 4) is 5.75 Å². The van der Waals surface area contributed by atoms with Crippen molar-refractivity contribution in [3.63, 3.8) is 0 Å². The van der Waals surface area contributed by atoms with Gasteiger partial charge >= 0.3 is 0 Å². The van der Waals surface area contributed by atoms with Gasteiger partial charge in [0.25, 0.3) is 0 Å². The van der Waals surface area contributed by atoms with Gasteiger partial charge in [-0.3, -0.25) is 4.79 Å². The van der Waals surface area contributed by atoms with Crippen molar-refractivity contribution in [2.45, 2.75) is 0 Å². The molecule has 2 N–H and O–H groups in total. The lowest BCUT2D eigenvalue weighted by molar-refractivity contribution is -0.870. The maximum atomic E-state index is 10.1. The zero-order chi connectivity index (χ0) is 12.6. The zero-order valence-corrected chi connectivity index (χ0v) is 10.1. The van der Waals surface area contributed by atoms with Gasteiger partial charge in [0.15, 0.2) is 6.29 Å². The molecule has 0 bridgehead atoms. The van der Waals surface area contributed by atoms with Gasteiger partial charge in [0, 0.05) is 0 Å². The molecule has 4 heteroatoms. The molecule has 16 heavy (non-hydrogen) atoms. The molecule has 0 aliphatic carbocycles. The Balaban J connectivity index is 0.000000293. The summed E-state index contributed by atoms with van der Waals surface area (Å²) in [6.45, 7) is 1.11. The molecule has 0 radical (unpaired) electrons. The summed E-state index contributed by atoms with van der Waals surface area (Å²) >= 11 is 0. The number of carbonyl (C=O) groups is 1. The van der Waals surface area contributed by atoms with E-state index in [9.17, 15) is 4.79 Å². The fraction of sp³-hybridized carbons (Fsp3) is 0.417. The molecule has 0 amide bonds. The van der Waals surface area contributed by atoms with E-state index in [4.69, 9.17) is 10.2 Å². The van der Waals surface area contributed by atoms with Gasteiger partial charge in [-0.2, -0.15) is 0 Å². The molecule has 0 saturated heterocycles. The molecule has 0 aliphatic rings. The number of likely N-dealkylation sites (N-methyl/N-ethyl adjacent to an activating group) is 1. The first kappa shape index (κ1) is 14.6. The van der Waals surface area contributed by atoms with Crippen molar-refractivity contribution in [1.82, 2.24) is 0 Å². The fourth-order valence-corrected chi connectivity index (χ4v) is 0.887. The summed E-state index contributed by atoms with van der Waals surface area (Å²) in [6, 6.07) is 6.40. The van der Waals surface area contributed by atoms with Crippen molar-refractivity contribution in [2.75, 3.05) is 34.3 Å². The maximum absolute atomic E-state index is 10.1. The van der Waals surface area contributed by atoms with Crippen molar-refractivity contribution < 1.29 is 19.5 Å². The topological polar surface area (TPSA) is 57.5 Å². The number of benzene rings is 1. The van der Waals surface area contributed by atoms with Crippen LogP contribution in [0.15, 0.2) is 24.3 Å². The molecule has 0 spiro atoms. The number of phenols is 1. The maximum Gasteiger partial charge on any atom is 0.153 e. The van der Waals surface area contributed by atoms with Crippen LogP contribution in [0.5, 0.6) is 5.75 Å². The molecule has 0 unspecified atom stereocenters. The molecule has 0 aliphatic heterocycles. The van der Waals surface area contributed by atoms with Gasteiger partial charge in [-0.05, 0) is 12.1 Å². The first-order valence-electron chi connectivity index (χ1n) is 5.05. The number of hydrogen-bond donors (Lipinski definition) is 2. The molecule has 0 heterocycles. The highest BCUT2D eigenvalue weighted by Crippen LogP contribution is 2.11. The van der Waals surface area contributed by atoms with Crippen LogP contribution < -0.4 is 0 Å². The van der Waals surface area contributed by atoms with Gasteiger partial charge in [-0.15, -0.1) is 0 Å². The summed E-state index contributed by atoms with van der Waals surface area (Å²) in [5, 5.41) is 17.3. The van der Waals surface area contributed by atoms with Crippen molar-refractivity contribution >= 4 is 6.29 Å². The zero-order valence-electron chi connectivity index (χ0n) is 10.1. The van der Waals surface area contributed by atoms with Crippen LogP contribution in [0, 0.1) is 0 Å². The predicted octanol–water partition coefficient (Wildman–Crippen LogP) is 0.890. The summed E-state index contributed by atoms with van der Waals surface area (Å²) < 4.78 is 0.844. The molecule has 1 aromatic carbocycles. The van der Waals surface area contributed by atoms with Crippen LogP contribution in [0.2, 0.25) is 0 Å². The highest BCUT2D eigenvalue weighted by molar-refractivity contribution is 5.78. The molecule has 4 nitrogen and oxygen atoms in total. The molecule has 0 aromatic heterocycles. The van der Waals surface area contributed by atoms with E-state index in [-0.39, 0.29) is 12.4 Å². The Morgan fingerprint density at radius 2 is 1.81 bits per heavy atom. The quantitative estimate of drug-likeness (QED) is 0.594. The number of aromatic hydroxyl groups is 1. The summed E-state index contributed by atoms with van der Waals surface area (Å²) in [6.07, 6.45) is 0.620. The minimum atomic E-state index is 0.0347. The fourth-order valence-electron chi connectivity index (χ4n) is 0.887. The predicted molar refractivity (Wildman–Crippen MR) is 63.5 cm³/mol. The first-order chi connectivity index (χ1) is 7.40. The summed E-state index contributed by atoms with van der Waals surface area (Å²) in [5.41, 5.74) is 0.331. The van der Waals surface area contributed by atoms with E-state index >= 15 is 0 Å². The second-order valence-corrected chi connectivity index (χ2v) is 4.41. The van der Waals surface area contributed by atoms with E-state index in [2.05, 4.69) is 21.1 Å². The number of rotatable bonds is 3. The Labute approximate surface area is 96.3 Å². The number of carbonyl (C=O) groups excluding carboxylic acids is 1. The Hall–Kier alpha value is -1.39. The number of quaternary nitrogens is 1. The monoisotopic (exact) mass is 226 g/mol. The van der Waals surface area contributed by atoms with E-state index in [1.807, 2.05) is 0 Å². The lowest BCUT2D eigenvalue weighted by Gasteiger charge is -2.21. The Bertz CT molecular complexity index is 318. The third-order valence-corrected chi connectivity index (χ3v) is 1.83. The normalized spacial score (nSPS) is 10.2. The number of aldehydes is 1. The number of phenolic OH excluding ortho intramolecular Hbond substituents is 1. The molecule has 0 atom stereocenters. The minimum Gasteiger partial charge on any atom is -0.507 e. The van der Waals surface area contributed by atoms with E-state index in [0.717, 1.165) is 11.0 Å². The Kier molecular flexibility index (Phi) is 6.37. The molecule has 1 aromatic rings. The Morgan fingerprint density at radius 3 is 2.06 bits per heavy atom. The van der Waals surface area contributed by atoms with Gasteiger partial charge in [0.1, 0.15) is 12.3 Å². The molecular formula is C12H20NO3+. The molecule has 0 saturated carbocycles. The van der Waals surface area contributed by atoms with Crippen molar-refractivity contribution in [3.05, 3.63) is 29.8 Å². The van der Waals surface area contributed by atoms with Crippen LogP contribution in [0.1, 0.15) is 10.4 Å². The van der Waals surface area contributed by atoms with E-state index < -0.39 is 0 Å². The third kappa shape index (κ3) is 6.98. The smallest absolute Gasteiger partial charge is 0.153 e. The second kappa shape index (κ2) is 6.98. The average Bonchev–Trinajstić information content (AvgIpc) is 2.17.